The second-order valence-corrected chi connectivity index (χ2v) is 6.37. The maximum atomic E-state index is 12.4. The van der Waals surface area contributed by atoms with Crippen molar-refractivity contribution in [2.75, 3.05) is 10.6 Å². The highest BCUT2D eigenvalue weighted by molar-refractivity contribution is 5.96. The lowest BCUT2D eigenvalue weighted by molar-refractivity contribution is -0.119. The first-order valence-corrected chi connectivity index (χ1v) is 8.64. The van der Waals surface area contributed by atoms with Crippen molar-refractivity contribution in [3.05, 3.63) is 59.7 Å². The molecular formula is C19H22N6O2. The highest BCUT2D eigenvalue weighted by atomic mass is 16.2. The minimum absolute atomic E-state index is 0.143. The van der Waals surface area contributed by atoms with Crippen LogP contribution in [0.2, 0.25) is 0 Å². The van der Waals surface area contributed by atoms with Gasteiger partial charge in [0.15, 0.2) is 0 Å². The quantitative estimate of drug-likeness (QED) is 0.623. The number of benzene rings is 1. The van der Waals surface area contributed by atoms with Crippen LogP contribution in [0.3, 0.4) is 0 Å². The summed E-state index contributed by atoms with van der Waals surface area (Å²) in [6, 6.07) is 8.38. The minimum atomic E-state index is -0.440. The molecule has 3 N–H and O–H groups in total. The summed E-state index contributed by atoms with van der Waals surface area (Å²) in [5, 5.41) is 16.7. The molecule has 0 bridgehead atoms. The molecule has 0 spiro atoms. The van der Waals surface area contributed by atoms with Gasteiger partial charge in [-0.3, -0.25) is 19.4 Å². The van der Waals surface area contributed by atoms with E-state index in [2.05, 4.69) is 25.9 Å². The highest BCUT2D eigenvalue weighted by Gasteiger charge is 2.16. The number of hydrogen-bond donors (Lipinski definition) is 3. The Morgan fingerprint density at radius 1 is 1.19 bits per heavy atom. The second kappa shape index (κ2) is 7.86. The zero-order valence-electron chi connectivity index (χ0n) is 15.5. The molecule has 3 rings (SSSR count). The van der Waals surface area contributed by atoms with Gasteiger partial charge in [-0.1, -0.05) is 6.07 Å². The van der Waals surface area contributed by atoms with Gasteiger partial charge in [-0.25, -0.2) is 0 Å². The molecule has 0 saturated heterocycles. The fourth-order valence-electron chi connectivity index (χ4n) is 2.75. The van der Waals surface area contributed by atoms with Gasteiger partial charge in [0.2, 0.25) is 11.8 Å². The zero-order valence-corrected chi connectivity index (χ0v) is 15.5. The molecule has 1 aromatic carbocycles. The van der Waals surface area contributed by atoms with E-state index in [1.165, 1.54) is 0 Å². The van der Waals surface area contributed by atoms with Crippen LogP contribution in [0, 0.1) is 13.8 Å². The predicted octanol–water partition coefficient (Wildman–Crippen LogP) is 2.60. The zero-order chi connectivity index (χ0) is 19.4. The van der Waals surface area contributed by atoms with E-state index in [4.69, 9.17) is 0 Å². The molecule has 0 fully saturated rings. The molecule has 0 aliphatic heterocycles. The van der Waals surface area contributed by atoms with Crippen LogP contribution in [0.4, 0.5) is 11.4 Å². The van der Waals surface area contributed by atoms with Crippen LogP contribution < -0.4 is 10.6 Å². The van der Waals surface area contributed by atoms with Gasteiger partial charge in [0, 0.05) is 35.0 Å². The Balaban J connectivity index is 1.63. The van der Waals surface area contributed by atoms with Crippen molar-refractivity contribution >= 4 is 23.2 Å². The molecule has 0 saturated carbocycles. The number of hydrogen-bond acceptors (Lipinski definition) is 4. The van der Waals surface area contributed by atoms with Gasteiger partial charge >= 0.3 is 0 Å². The first-order valence-electron chi connectivity index (χ1n) is 8.64. The molecular weight excluding hydrogens is 344 g/mol. The normalized spacial score (nSPS) is 11.8. The van der Waals surface area contributed by atoms with E-state index in [9.17, 15) is 9.59 Å². The van der Waals surface area contributed by atoms with Crippen molar-refractivity contribution in [3.8, 4) is 0 Å². The highest BCUT2D eigenvalue weighted by Crippen LogP contribution is 2.18. The molecule has 1 atom stereocenters. The SMILES string of the molecule is Cc1n[nH]c(C)c1CC(=O)Nc1cccc(NC(=O)C(C)n2cccn2)c1. The average Bonchev–Trinajstić information content (AvgIpc) is 3.27. The van der Waals surface area contributed by atoms with Crippen molar-refractivity contribution in [1.82, 2.24) is 20.0 Å². The van der Waals surface area contributed by atoms with Gasteiger partial charge in [0.1, 0.15) is 6.04 Å². The molecule has 0 aliphatic rings. The Kier molecular flexibility index (Phi) is 5.35. The summed E-state index contributed by atoms with van der Waals surface area (Å²) in [5.41, 5.74) is 3.81. The number of aromatic nitrogens is 4. The number of anilines is 2. The van der Waals surface area contributed by atoms with E-state index in [0.29, 0.717) is 11.4 Å². The Hall–Kier alpha value is -3.42. The van der Waals surface area contributed by atoms with E-state index in [0.717, 1.165) is 17.0 Å². The molecule has 0 radical (unpaired) electrons. The fourth-order valence-corrected chi connectivity index (χ4v) is 2.75. The van der Waals surface area contributed by atoms with Crippen molar-refractivity contribution in [1.29, 1.82) is 0 Å². The standard InChI is InChI=1S/C19H22N6O2/c1-12-17(13(2)24-23-12)11-18(26)21-15-6-4-7-16(10-15)22-19(27)14(3)25-9-5-8-20-25/h4-10,14H,11H2,1-3H3,(H,21,26)(H,22,27)(H,23,24). The molecule has 27 heavy (non-hydrogen) atoms. The Bertz CT molecular complexity index is 926. The van der Waals surface area contributed by atoms with Crippen LogP contribution in [0.25, 0.3) is 0 Å². The number of nitrogens with one attached hydrogen (secondary N) is 3. The lowest BCUT2D eigenvalue weighted by Crippen LogP contribution is -2.24. The van der Waals surface area contributed by atoms with Gasteiger partial charge < -0.3 is 10.6 Å². The Morgan fingerprint density at radius 2 is 1.93 bits per heavy atom. The summed E-state index contributed by atoms with van der Waals surface area (Å²) < 4.78 is 1.58. The van der Waals surface area contributed by atoms with E-state index in [1.807, 2.05) is 13.8 Å². The van der Waals surface area contributed by atoms with Gasteiger partial charge in [0.05, 0.1) is 12.1 Å². The lowest BCUT2D eigenvalue weighted by atomic mass is 10.1. The Labute approximate surface area is 157 Å². The van der Waals surface area contributed by atoms with Crippen molar-refractivity contribution in [3.63, 3.8) is 0 Å². The molecule has 2 heterocycles. The predicted molar refractivity (Wildman–Crippen MR) is 102 cm³/mol. The summed E-state index contributed by atoms with van der Waals surface area (Å²) in [5.74, 6) is -0.331. The molecule has 8 heteroatoms. The third kappa shape index (κ3) is 4.41. The number of carbonyl (C=O) groups excluding carboxylic acids is 2. The summed E-state index contributed by atoms with van der Waals surface area (Å²) in [6.07, 6.45) is 3.60. The van der Waals surface area contributed by atoms with E-state index < -0.39 is 6.04 Å². The van der Waals surface area contributed by atoms with Gasteiger partial charge in [-0.15, -0.1) is 0 Å². The molecule has 2 aromatic heterocycles. The topological polar surface area (TPSA) is 105 Å². The van der Waals surface area contributed by atoms with Crippen LogP contribution in [0.15, 0.2) is 42.7 Å². The number of carbonyl (C=O) groups is 2. The first kappa shape index (κ1) is 18.4. The second-order valence-electron chi connectivity index (χ2n) is 6.37. The Morgan fingerprint density at radius 3 is 2.56 bits per heavy atom. The number of H-pyrrole nitrogens is 1. The lowest BCUT2D eigenvalue weighted by Gasteiger charge is -2.13. The average molecular weight is 366 g/mol. The third-order valence-corrected chi connectivity index (χ3v) is 4.33. The van der Waals surface area contributed by atoms with Crippen LogP contribution in [0.5, 0.6) is 0 Å². The van der Waals surface area contributed by atoms with Crippen molar-refractivity contribution in [2.45, 2.75) is 33.2 Å². The molecule has 3 aromatic rings. The van der Waals surface area contributed by atoms with Gasteiger partial charge in [-0.05, 0) is 45.0 Å². The number of aromatic amines is 1. The number of aryl methyl sites for hydroxylation is 2. The van der Waals surface area contributed by atoms with Crippen molar-refractivity contribution in [2.24, 2.45) is 0 Å². The van der Waals surface area contributed by atoms with Gasteiger partial charge in [-0.2, -0.15) is 10.2 Å². The molecule has 8 nitrogen and oxygen atoms in total. The van der Waals surface area contributed by atoms with Crippen LogP contribution in [-0.2, 0) is 16.0 Å². The fraction of sp³-hybridized carbons (Fsp3) is 0.263. The monoisotopic (exact) mass is 366 g/mol. The van der Waals surface area contributed by atoms with Crippen molar-refractivity contribution < 1.29 is 9.59 Å². The smallest absolute Gasteiger partial charge is 0.248 e. The summed E-state index contributed by atoms with van der Waals surface area (Å²) in [7, 11) is 0. The van der Waals surface area contributed by atoms with Crippen LogP contribution in [0.1, 0.15) is 29.9 Å². The van der Waals surface area contributed by atoms with E-state index in [1.54, 1.807) is 54.3 Å². The maximum Gasteiger partial charge on any atom is 0.248 e. The summed E-state index contributed by atoms with van der Waals surface area (Å²) in [4.78, 5) is 24.7. The van der Waals surface area contributed by atoms with E-state index in [-0.39, 0.29) is 18.2 Å². The first-order chi connectivity index (χ1) is 12.9. The van der Waals surface area contributed by atoms with Crippen LogP contribution >= 0.6 is 0 Å². The van der Waals surface area contributed by atoms with Gasteiger partial charge in [0.25, 0.3) is 0 Å². The number of amides is 2. The summed E-state index contributed by atoms with van der Waals surface area (Å²) in [6.45, 7) is 5.52. The van der Waals surface area contributed by atoms with Crippen LogP contribution in [-0.4, -0.2) is 31.8 Å². The molecule has 140 valence electrons. The molecule has 0 aliphatic carbocycles. The number of nitrogens with zero attached hydrogens (tertiary/aromatic N) is 3. The summed E-state index contributed by atoms with van der Waals surface area (Å²) >= 11 is 0. The minimum Gasteiger partial charge on any atom is -0.326 e. The van der Waals surface area contributed by atoms with E-state index >= 15 is 0 Å². The largest absolute Gasteiger partial charge is 0.326 e. The third-order valence-electron chi connectivity index (χ3n) is 4.33. The maximum absolute atomic E-state index is 12.4. The number of rotatable bonds is 6. The molecule has 1 unspecified atom stereocenters. The molecule has 2 amide bonds.